The van der Waals surface area contributed by atoms with E-state index in [4.69, 9.17) is 4.74 Å². The minimum absolute atomic E-state index is 0.791. The number of aromatic amines is 1. The maximum Gasteiger partial charge on any atom is 0.156 e. The quantitative estimate of drug-likeness (QED) is 0.571. The van der Waals surface area contributed by atoms with Crippen molar-refractivity contribution in [2.24, 2.45) is 7.05 Å². The smallest absolute Gasteiger partial charge is 0.156 e. The molecule has 0 aliphatic carbocycles. The first-order chi connectivity index (χ1) is 11.8. The molecular formula is C19H20N4O. The molecular weight excluding hydrogens is 300 g/mol. The molecule has 0 aliphatic heterocycles. The Kier molecular flexibility index (Phi) is 3.78. The molecule has 4 rings (SSSR count). The Balaban J connectivity index is 1.80. The van der Waals surface area contributed by atoms with Crippen molar-refractivity contribution in [3.8, 4) is 11.3 Å². The molecule has 122 valence electrons. The second kappa shape index (κ2) is 6.09. The number of nitrogens with one attached hydrogen (secondary N) is 1. The molecule has 0 aliphatic rings. The number of H-pyrrole nitrogens is 1. The number of fused-ring (bicyclic) bond motifs is 2. The number of ether oxygens (including phenoxy) is 1. The molecule has 5 heteroatoms. The summed E-state index contributed by atoms with van der Waals surface area (Å²) >= 11 is 0. The summed E-state index contributed by atoms with van der Waals surface area (Å²) in [7, 11) is 3.83. The van der Waals surface area contributed by atoms with Gasteiger partial charge in [0.1, 0.15) is 5.52 Å². The highest BCUT2D eigenvalue weighted by Gasteiger charge is 2.12. The van der Waals surface area contributed by atoms with Gasteiger partial charge in [0.2, 0.25) is 0 Å². The Morgan fingerprint density at radius 1 is 1.17 bits per heavy atom. The van der Waals surface area contributed by atoms with Crippen molar-refractivity contribution in [1.29, 1.82) is 0 Å². The minimum atomic E-state index is 0.791. The Morgan fingerprint density at radius 2 is 2.04 bits per heavy atom. The molecule has 1 aromatic carbocycles. The van der Waals surface area contributed by atoms with E-state index in [9.17, 15) is 0 Å². The average molecular weight is 320 g/mol. The van der Waals surface area contributed by atoms with Gasteiger partial charge in [-0.1, -0.05) is 6.07 Å². The SMILES string of the molecule is COCCCc1ccc2c(c1)c(-c1cc3nccnc3[nH]1)cn2C. The molecule has 0 atom stereocenters. The molecule has 3 aromatic heterocycles. The summed E-state index contributed by atoms with van der Waals surface area (Å²) in [6.45, 7) is 0.791. The van der Waals surface area contributed by atoms with Crippen LogP contribution in [0.3, 0.4) is 0 Å². The van der Waals surface area contributed by atoms with Gasteiger partial charge in [0.15, 0.2) is 5.65 Å². The number of aryl methyl sites for hydroxylation is 2. The molecule has 0 unspecified atom stereocenters. The van der Waals surface area contributed by atoms with Crippen molar-refractivity contribution in [3.05, 3.63) is 48.4 Å². The van der Waals surface area contributed by atoms with Crippen LogP contribution in [0.15, 0.2) is 42.9 Å². The van der Waals surface area contributed by atoms with E-state index in [1.54, 1.807) is 19.5 Å². The first kappa shape index (κ1) is 14.9. The third kappa shape index (κ3) is 2.57. The van der Waals surface area contributed by atoms with Crippen LogP contribution in [0.5, 0.6) is 0 Å². The van der Waals surface area contributed by atoms with Gasteiger partial charge in [-0.2, -0.15) is 0 Å². The van der Waals surface area contributed by atoms with E-state index < -0.39 is 0 Å². The standard InChI is InChI=1S/C19H20N4O/c1-23-12-15(16-11-17-19(22-16)21-8-7-20-17)14-10-13(4-3-9-24-2)5-6-18(14)23/h5-8,10-12H,3-4,9H2,1-2H3,(H,21,22). The second-order valence-corrected chi connectivity index (χ2v) is 6.07. The lowest BCUT2D eigenvalue weighted by atomic mass is 10.0. The van der Waals surface area contributed by atoms with E-state index in [1.165, 1.54) is 22.0 Å². The van der Waals surface area contributed by atoms with E-state index in [1.807, 2.05) is 0 Å². The van der Waals surface area contributed by atoms with Crippen molar-refractivity contribution < 1.29 is 4.74 Å². The zero-order valence-electron chi connectivity index (χ0n) is 13.9. The van der Waals surface area contributed by atoms with Gasteiger partial charge in [-0.25, -0.2) is 4.98 Å². The first-order valence-electron chi connectivity index (χ1n) is 8.13. The van der Waals surface area contributed by atoms with Gasteiger partial charge in [0, 0.05) is 55.8 Å². The maximum absolute atomic E-state index is 5.16. The number of aromatic nitrogens is 4. The van der Waals surface area contributed by atoms with Crippen LogP contribution in [0, 0.1) is 0 Å². The highest BCUT2D eigenvalue weighted by molar-refractivity contribution is 5.97. The van der Waals surface area contributed by atoms with Crippen molar-refractivity contribution >= 4 is 22.1 Å². The Labute approximate surface area is 140 Å². The maximum atomic E-state index is 5.16. The predicted molar refractivity (Wildman–Crippen MR) is 96.0 cm³/mol. The van der Waals surface area contributed by atoms with Crippen LogP contribution in [0.2, 0.25) is 0 Å². The Morgan fingerprint density at radius 3 is 2.88 bits per heavy atom. The number of rotatable bonds is 5. The van der Waals surface area contributed by atoms with Gasteiger partial charge in [-0.05, 0) is 36.6 Å². The molecule has 0 saturated carbocycles. The fourth-order valence-corrected chi connectivity index (χ4v) is 3.23. The molecule has 0 amide bonds. The molecule has 4 aromatic rings. The molecule has 5 nitrogen and oxygen atoms in total. The molecule has 1 N–H and O–H groups in total. The lowest BCUT2D eigenvalue weighted by Crippen LogP contribution is -1.92. The number of nitrogens with zero attached hydrogens (tertiary/aromatic N) is 3. The average Bonchev–Trinajstić information content (AvgIpc) is 3.16. The topological polar surface area (TPSA) is 55.7 Å². The van der Waals surface area contributed by atoms with Gasteiger partial charge in [0.05, 0.1) is 5.69 Å². The fraction of sp³-hybridized carbons (Fsp3) is 0.263. The van der Waals surface area contributed by atoms with E-state index >= 15 is 0 Å². The van der Waals surface area contributed by atoms with Crippen LogP contribution in [-0.2, 0) is 18.2 Å². The Hall–Kier alpha value is -2.66. The number of methoxy groups -OCH3 is 1. The fourth-order valence-electron chi connectivity index (χ4n) is 3.23. The van der Waals surface area contributed by atoms with Crippen LogP contribution in [-0.4, -0.2) is 33.2 Å². The van der Waals surface area contributed by atoms with Gasteiger partial charge < -0.3 is 14.3 Å². The van der Waals surface area contributed by atoms with Gasteiger partial charge >= 0.3 is 0 Å². The van der Waals surface area contributed by atoms with E-state index in [2.05, 4.69) is 57.0 Å². The molecule has 0 saturated heterocycles. The van der Waals surface area contributed by atoms with Crippen LogP contribution >= 0.6 is 0 Å². The summed E-state index contributed by atoms with van der Waals surface area (Å²) in [6.07, 6.45) is 7.64. The van der Waals surface area contributed by atoms with E-state index in [0.29, 0.717) is 0 Å². The van der Waals surface area contributed by atoms with E-state index in [0.717, 1.165) is 36.3 Å². The number of hydrogen-bond donors (Lipinski definition) is 1. The molecule has 24 heavy (non-hydrogen) atoms. The zero-order chi connectivity index (χ0) is 16.5. The van der Waals surface area contributed by atoms with Gasteiger partial charge in [-0.3, -0.25) is 4.98 Å². The van der Waals surface area contributed by atoms with Crippen molar-refractivity contribution in [1.82, 2.24) is 19.5 Å². The lowest BCUT2D eigenvalue weighted by Gasteiger charge is -2.03. The summed E-state index contributed by atoms with van der Waals surface area (Å²) in [6, 6.07) is 8.75. The van der Waals surface area contributed by atoms with E-state index in [-0.39, 0.29) is 0 Å². The molecule has 0 spiro atoms. The summed E-state index contributed by atoms with van der Waals surface area (Å²) in [4.78, 5) is 12.1. The van der Waals surface area contributed by atoms with Crippen LogP contribution in [0.25, 0.3) is 33.3 Å². The summed E-state index contributed by atoms with van der Waals surface area (Å²) in [5.74, 6) is 0. The predicted octanol–water partition coefficient (Wildman–Crippen LogP) is 3.70. The number of hydrogen-bond acceptors (Lipinski definition) is 3. The highest BCUT2D eigenvalue weighted by Crippen LogP contribution is 2.31. The van der Waals surface area contributed by atoms with Crippen molar-refractivity contribution in [2.75, 3.05) is 13.7 Å². The molecule has 0 bridgehead atoms. The second-order valence-electron chi connectivity index (χ2n) is 6.07. The largest absolute Gasteiger partial charge is 0.385 e. The highest BCUT2D eigenvalue weighted by atomic mass is 16.5. The lowest BCUT2D eigenvalue weighted by molar-refractivity contribution is 0.195. The minimum Gasteiger partial charge on any atom is -0.385 e. The monoisotopic (exact) mass is 320 g/mol. The number of benzene rings is 1. The third-order valence-corrected chi connectivity index (χ3v) is 4.42. The third-order valence-electron chi connectivity index (χ3n) is 4.42. The van der Waals surface area contributed by atoms with Crippen LogP contribution in [0.1, 0.15) is 12.0 Å². The molecule has 0 fully saturated rings. The van der Waals surface area contributed by atoms with Gasteiger partial charge in [0.25, 0.3) is 0 Å². The zero-order valence-corrected chi connectivity index (χ0v) is 13.9. The van der Waals surface area contributed by atoms with Crippen molar-refractivity contribution in [3.63, 3.8) is 0 Å². The van der Waals surface area contributed by atoms with Crippen molar-refractivity contribution in [2.45, 2.75) is 12.8 Å². The molecule has 0 radical (unpaired) electrons. The normalized spacial score (nSPS) is 11.6. The summed E-state index contributed by atoms with van der Waals surface area (Å²) in [5.41, 5.74) is 6.50. The van der Waals surface area contributed by atoms with Crippen LogP contribution < -0.4 is 0 Å². The summed E-state index contributed by atoms with van der Waals surface area (Å²) < 4.78 is 7.32. The van der Waals surface area contributed by atoms with Gasteiger partial charge in [-0.15, -0.1) is 0 Å². The first-order valence-corrected chi connectivity index (χ1v) is 8.13. The molecule has 3 heterocycles. The summed E-state index contributed by atoms with van der Waals surface area (Å²) in [5, 5.41) is 1.25. The Bertz CT molecular complexity index is 966. The van der Waals surface area contributed by atoms with Crippen LogP contribution in [0.4, 0.5) is 0 Å².